The molecule has 0 nitrogen and oxygen atoms in total. The smallest absolute Gasteiger partial charge is 0.00820 e. The first kappa shape index (κ1) is 23.5. The standard InChI is InChI=1S/C34H34/c1-6-28-14-10-15-29(23-28)24(2)21-22-26(4)30-17-11-19-32(27(30)5)34-20-12-18-31-25(3)13-8-7-9-16-33(31)34/h7-15,17-23H,3,6,16H2,1-2,4-5H3/b9-7-,13-8-,24-21+,26-22+. The zero-order valence-electron chi connectivity index (χ0n) is 20.9. The highest BCUT2D eigenvalue weighted by molar-refractivity contribution is 5.84. The largest absolute Gasteiger partial charge is 0.0911 e. The van der Waals surface area contributed by atoms with Crippen LogP contribution in [-0.4, -0.2) is 0 Å². The molecule has 1 aliphatic carbocycles. The molecule has 0 atom stereocenters. The van der Waals surface area contributed by atoms with E-state index in [0.29, 0.717) is 0 Å². The summed E-state index contributed by atoms with van der Waals surface area (Å²) in [6, 6.07) is 22.1. The van der Waals surface area contributed by atoms with Gasteiger partial charge in [0.2, 0.25) is 0 Å². The Morgan fingerprint density at radius 3 is 2.38 bits per heavy atom. The van der Waals surface area contributed by atoms with Gasteiger partial charge in [-0.2, -0.15) is 0 Å². The van der Waals surface area contributed by atoms with E-state index in [0.717, 1.165) is 18.4 Å². The fourth-order valence-corrected chi connectivity index (χ4v) is 4.71. The van der Waals surface area contributed by atoms with Crippen molar-refractivity contribution in [2.75, 3.05) is 0 Å². The Kier molecular flexibility index (Phi) is 7.28. The number of allylic oxidation sites excluding steroid dienone is 9. The molecule has 0 heteroatoms. The van der Waals surface area contributed by atoms with Crippen LogP contribution in [0.1, 0.15) is 54.2 Å². The van der Waals surface area contributed by atoms with Gasteiger partial charge < -0.3 is 0 Å². The first-order valence-corrected chi connectivity index (χ1v) is 12.2. The van der Waals surface area contributed by atoms with Crippen LogP contribution < -0.4 is 0 Å². The predicted octanol–water partition coefficient (Wildman–Crippen LogP) is 9.41. The van der Waals surface area contributed by atoms with Crippen molar-refractivity contribution in [2.45, 2.75) is 40.5 Å². The first-order valence-electron chi connectivity index (χ1n) is 12.2. The third-order valence-electron chi connectivity index (χ3n) is 6.81. The van der Waals surface area contributed by atoms with Crippen molar-refractivity contribution in [1.82, 2.24) is 0 Å². The Morgan fingerprint density at radius 2 is 1.56 bits per heavy atom. The lowest BCUT2D eigenvalue weighted by Crippen LogP contribution is -1.99. The van der Waals surface area contributed by atoms with Gasteiger partial charge in [0.05, 0.1) is 0 Å². The molecule has 0 saturated heterocycles. The van der Waals surface area contributed by atoms with E-state index in [4.69, 9.17) is 0 Å². The van der Waals surface area contributed by atoms with E-state index in [1.807, 2.05) is 0 Å². The van der Waals surface area contributed by atoms with Gasteiger partial charge in [-0.15, -0.1) is 0 Å². The molecule has 0 N–H and O–H groups in total. The van der Waals surface area contributed by atoms with Gasteiger partial charge in [0, 0.05) is 0 Å². The molecule has 0 saturated carbocycles. The molecule has 0 fully saturated rings. The second-order valence-electron chi connectivity index (χ2n) is 9.08. The minimum absolute atomic E-state index is 0.909. The summed E-state index contributed by atoms with van der Waals surface area (Å²) in [7, 11) is 0. The first-order chi connectivity index (χ1) is 16.5. The molecule has 0 spiro atoms. The van der Waals surface area contributed by atoms with Crippen LogP contribution in [0.15, 0.2) is 104 Å². The lowest BCUT2D eigenvalue weighted by molar-refractivity contribution is 1.14. The molecule has 0 aromatic heterocycles. The normalized spacial score (nSPS) is 15.9. The summed E-state index contributed by atoms with van der Waals surface area (Å²) in [5, 5.41) is 0. The van der Waals surface area contributed by atoms with Crippen molar-refractivity contribution in [2.24, 2.45) is 0 Å². The van der Waals surface area contributed by atoms with Crippen LogP contribution in [0.3, 0.4) is 0 Å². The van der Waals surface area contributed by atoms with Gasteiger partial charge in [-0.3, -0.25) is 0 Å². The summed E-state index contributed by atoms with van der Waals surface area (Å²) >= 11 is 0. The minimum atomic E-state index is 0.909. The summed E-state index contributed by atoms with van der Waals surface area (Å²) in [5.74, 6) is 0. The molecular weight excluding hydrogens is 408 g/mol. The van der Waals surface area contributed by atoms with Crippen molar-refractivity contribution in [3.63, 3.8) is 0 Å². The van der Waals surface area contributed by atoms with Crippen LogP contribution >= 0.6 is 0 Å². The fraction of sp³-hybridized carbons (Fsp3) is 0.176. The number of benzene rings is 3. The number of hydrogen-bond acceptors (Lipinski definition) is 0. The molecule has 0 radical (unpaired) electrons. The maximum atomic E-state index is 4.30. The number of aryl methyl sites for hydroxylation is 1. The molecule has 170 valence electrons. The van der Waals surface area contributed by atoms with Gasteiger partial charge in [-0.25, -0.2) is 0 Å². The summed E-state index contributed by atoms with van der Waals surface area (Å²) in [6.45, 7) is 13.2. The molecule has 0 amide bonds. The maximum Gasteiger partial charge on any atom is -0.00820 e. The van der Waals surface area contributed by atoms with Crippen molar-refractivity contribution >= 4 is 16.7 Å². The molecule has 0 unspecified atom stereocenters. The quantitative estimate of drug-likeness (QED) is 0.345. The van der Waals surface area contributed by atoms with Crippen molar-refractivity contribution in [3.8, 4) is 11.1 Å². The number of rotatable bonds is 5. The van der Waals surface area contributed by atoms with Crippen molar-refractivity contribution in [3.05, 3.63) is 137 Å². The fourth-order valence-electron chi connectivity index (χ4n) is 4.71. The predicted molar refractivity (Wildman–Crippen MR) is 151 cm³/mol. The molecule has 0 heterocycles. The van der Waals surface area contributed by atoms with Crippen LogP contribution in [0.5, 0.6) is 0 Å². The van der Waals surface area contributed by atoms with Gasteiger partial charge >= 0.3 is 0 Å². The van der Waals surface area contributed by atoms with Crippen LogP contribution in [0.25, 0.3) is 27.8 Å². The maximum absolute atomic E-state index is 4.30. The second-order valence-corrected chi connectivity index (χ2v) is 9.08. The molecule has 4 rings (SSSR count). The molecule has 34 heavy (non-hydrogen) atoms. The minimum Gasteiger partial charge on any atom is -0.0911 e. The van der Waals surface area contributed by atoms with E-state index in [-0.39, 0.29) is 0 Å². The lowest BCUT2D eigenvalue weighted by atomic mass is 9.86. The molecule has 3 aromatic carbocycles. The van der Waals surface area contributed by atoms with Gasteiger partial charge in [0.1, 0.15) is 0 Å². The average molecular weight is 443 g/mol. The Labute approximate surface area is 205 Å². The van der Waals surface area contributed by atoms with Gasteiger partial charge in [0.15, 0.2) is 0 Å². The van der Waals surface area contributed by atoms with Gasteiger partial charge in [-0.05, 0) is 94.8 Å². The Balaban J connectivity index is 1.73. The molecular formula is C34H34. The zero-order valence-corrected chi connectivity index (χ0v) is 20.9. The summed E-state index contributed by atoms with van der Waals surface area (Å²) in [4.78, 5) is 0. The van der Waals surface area contributed by atoms with Gasteiger partial charge in [0.25, 0.3) is 0 Å². The van der Waals surface area contributed by atoms with Crippen molar-refractivity contribution < 1.29 is 0 Å². The Morgan fingerprint density at radius 1 is 0.853 bits per heavy atom. The topological polar surface area (TPSA) is 0 Å². The van der Waals surface area contributed by atoms with Crippen LogP contribution in [0, 0.1) is 6.92 Å². The lowest BCUT2D eigenvalue weighted by Gasteiger charge is -2.18. The number of hydrogen-bond donors (Lipinski definition) is 0. The Bertz CT molecular complexity index is 1340. The van der Waals surface area contributed by atoms with E-state index in [2.05, 4.69) is 131 Å². The van der Waals surface area contributed by atoms with Crippen LogP contribution in [0.4, 0.5) is 0 Å². The number of fused-ring (bicyclic) bond motifs is 1. The monoisotopic (exact) mass is 442 g/mol. The van der Waals surface area contributed by atoms with Crippen LogP contribution in [-0.2, 0) is 12.8 Å². The van der Waals surface area contributed by atoms with Crippen LogP contribution in [0.2, 0.25) is 0 Å². The van der Waals surface area contributed by atoms with E-state index in [1.54, 1.807) is 0 Å². The Hall–Kier alpha value is -3.64. The molecule has 0 aliphatic heterocycles. The average Bonchev–Trinajstić information content (AvgIpc) is 2.85. The van der Waals surface area contributed by atoms with E-state index in [9.17, 15) is 0 Å². The zero-order chi connectivity index (χ0) is 24.1. The third-order valence-corrected chi connectivity index (χ3v) is 6.81. The van der Waals surface area contributed by atoms with E-state index in [1.165, 1.54) is 55.7 Å². The van der Waals surface area contributed by atoms with Gasteiger partial charge in [-0.1, -0.05) is 111 Å². The van der Waals surface area contributed by atoms with E-state index >= 15 is 0 Å². The summed E-state index contributed by atoms with van der Waals surface area (Å²) in [6.07, 6.45) is 15.0. The van der Waals surface area contributed by atoms with E-state index < -0.39 is 0 Å². The third kappa shape index (κ3) is 4.97. The molecule has 0 bridgehead atoms. The summed E-state index contributed by atoms with van der Waals surface area (Å²) in [5.41, 5.74) is 14.1. The second kappa shape index (κ2) is 10.5. The summed E-state index contributed by atoms with van der Waals surface area (Å²) < 4.78 is 0. The highest BCUT2D eigenvalue weighted by atomic mass is 14.2. The SMILES string of the molecule is C=C1/C=C\C=C/Cc2c1cccc2-c1cccc(/C(C)=C/C=C(\C)c2cccc(CC)c2)c1C. The highest BCUT2D eigenvalue weighted by Crippen LogP contribution is 2.35. The molecule has 3 aromatic rings. The molecule has 1 aliphatic rings. The van der Waals surface area contributed by atoms with Crippen molar-refractivity contribution in [1.29, 1.82) is 0 Å². The highest BCUT2D eigenvalue weighted by Gasteiger charge is 2.14.